The quantitative estimate of drug-likeness (QED) is 0.641. The second kappa shape index (κ2) is 6.46. The fraction of sp³-hybridized carbons (Fsp3) is 0.267. The third kappa shape index (κ3) is 4.72. The zero-order valence-electron chi connectivity index (χ0n) is 12.2. The predicted octanol–water partition coefficient (Wildman–Crippen LogP) is 3.51. The van der Waals surface area contributed by atoms with Gasteiger partial charge in [0.2, 0.25) is 0 Å². The van der Waals surface area contributed by atoms with E-state index in [0.717, 1.165) is 5.56 Å². The summed E-state index contributed by atoms with van der Waals surface area (Å²) in [5.41, 5.74) is 7.30. The topological polar surface area (TPSA) is 27.6 Å². The van der Waals surface area contributed by atoms with Crippen molar-refractivity contribution in [1.82, 2.24) is 10.4 Å². The van der Waals surface area contributed by atoms with Gasteiger partial charge >= 0.3 is 0 Å². The summed E-state index contributed by atoms with van der Waals surface area (Å²) < 4.78 is 13.7. The minimum atomic E-state index is -1.35. The van der Waals surface area contributed by atoms with Gasteiger partial charge in [-0.15, -0.1) is 5.54 Å². The van der Waals surface area contributed by atoms with Crippen LogP contribution in [0.1, 0.15) is 5.56 Å². The minimum absolute atomic E-state index is 0.288. The highest BCUT2D eigenvalue weighted by molar-refractivity contribution is 9.10. The Labute approximate surface area is 134 Å². The first-order valence-electron chi connectivity index (χ1n) is 6.58. The van der Waals surface area contributed by atoms with Crippen molar-refractivity contribution in [2.45, 2.75) is 19.6 Å². The highest BCUT2D eigenvalue weighted by atomic mass is 79.9. The van der Waals surface area contributed by atoms with Crippen LogP contribution in [0.25, 0.3) is 0 Å². The molecule has 0 amide bonds. The maximum Gasteiger partial charge on any atom is 0.151 e. The molecule has 1 heterocycles. The van der Waals surface area contributed by atoms with Crippen molar-refractivity contribution in [3.63, 3.8) is 0 Å². The molecular weight excluding hydrogens is 349 g/mol. The van der Waals surface area contributed by atoms with Crippen LogP contribution in [0.3, 0.4) is 0 Å². The molecule has 3 nitrogen and oxygen atoms in total. The largest absolute Gasteiger partial charge is 0.281 e. The van der Waals surface area contributed by atoms with Crippen molar-refractivity contribution in [2.24, 2.45) is 4.99 Å². The van der Waals surface area contributed by atoms with Crippen LogP contribution in [0.5, 0.6) is 0 Å². The average molecular weight is 366 g/mol. The van der Waals surface area contributed by atoms with Gasteiger partial charge in [-0.3, -0.25) is 10.4 Å². The van der Waals surface area contributed by atoms with E-state index in [2.05, 4.69) is 57.5 Å². The number of halogens is 2. The van der Waals surface area contributed by atoms with Crippen molar-refractivity contribution >= 4 is 29.8 Å². The Bertz CT molecular complexity index is 653. The van der Waals surface area contributed by atoms with Gasteiger partial charge in [0.25, 0.3) is 0 Å². The summed E-state index contributed by atoms with van der Waals surface area (Å²) in [7, 11) is -1.35. The van der Waals surface area contributed by atoms with Gasteiger partial charge in [0.05, 0.1) is 11.0 Å². The molecular formula is C15H17BrFN3Si. The Balaban J connectivity index is 2.07. The van der Waals surface area contributed by atoms with E-state index in [4.69, 9.17) is 0 Å². The zero-order valence-corrected chi connectivity index (χ0v) is 14.8. The Hall–Kier alpha value is -1.58. The van der Waals surface area contributed by atoms with Crippen LogP contribution in [0.15, 0.2) is 40.1 Å². The Kier molecular flexibility index (Phi) is 4.86. The molecule has 1 aromatic rings. The first kappa shape index (κ1) is 15.8. The molecule has 1 aliphatic rings. The Morgan fingerprint density at radius 3 is 2.81 bits per heavy atom. The van der Waals surface area contributed by atoms with Crippen LogP contribution >= 0.6 is 15.9 Å². The van der Waals surface area contributed by atoms with E-state index in [9.17, 15) is 4.39 Å². The second-order valence-corrected chi connectivity index (χ2v) is 11.3. The number of nitrogens with one attached hydrogen (secondary N) is 1. The van der Waals surface area contributed by atoms with E-state index in [1.165, 1.54) is 6.07 Å². The van der Waals surface area contributed by atoms with Crippen LogP contribution in [0, 0.1) is 17.3 Å². The van der Waals surface area contributed by atoms with Crippen molar-refractivity contribution in [3.8, 4) is 11.5 Å². The van der Waals surface area contributed by atoms with E-state index < -0.39 is 8.07 Å². The van der Waals surface area contributed by atoms with Crippen molar-refractivity contribution < 1.29 is 4.39 Å². The molecule has 0 spiro atoms. The van der Waals surface area contributed by atoms with Gasteiger partial charge in [-0.1, -0.05) is 25.6 Å². The fourth-order valence-corrected chi connectivity index (χ4v) is 2.64. The number of nitrogens with zero attached hydrogens (tertiary/aromatic N) is 2. The molecule has 1 N–H and O–H groups in total. The number of aliphatic imine (C=N–C) groups is 1. The molecule has 0 aromatic heterocycles. The number of hydrogen-bond acceptors (Lipinski definition) is 3. The summed E-state index contributed by atoms with van der Waals surface area (Å²) in [5.74, 6) is 3.57. The summed E-state index contributed by atoms with van der Waals surface area (Å²) in [4.78, 5) is 4.28. The minimum Gasteiger partial charge on any atom is -0.281 e. The highest BCUT2D eigenvalue weighted by Gasteiger charge is 2.12. The Morgan fingerprint density at radius 1 is 1.38 bits per heavy atom. The van der Waals surface area contributed by atoms with E-state index in [0.29, 0.717) is 16.9 Å². The van der Waals surface area contributed by atoms with Crippen LogP contribution in [-0.2, 0) is 0 Å². The lowest BCUT2D eigenvalue weighted by molar-refractivity contribution is 0.369. The number of hydrogen-bond donors (Lipinski definition) is 1. The lowest BCUT2D eigenvalue weighted by atomic mass is 10.2. The van der Waals surface area contributed by atoms with Gasteiger partial charge in [-0.25, -0.2) is 9.38 Å². The van der Waals surface area contributed by atoms with E-state index in [-0.39, 0.29) is 5.82 Å². The van der Waals surface area contributed by atoms with Gasteiger partial charge in [0.15, 0.2) is 5.84 Å². The molecule has 0 saturated carbocycles. The molecule has 0 bridgehead atoms. The lowest BCUT2D eigenvalue weighted by Crippen LogP contribution is -2.41. The van der Waals surface area contributed by atoms with Crippen LogP contribution < -0.4 is 5.43 Å². The third-order valence-electron chi connectivity index (χ3n) is 2.61. The molecule has 1 aromatic carbocycles. The van der Waals surface area contributed by atoms with E-state index in [1.807, 2.05) is 11.2 Å². The lowest BCUT2D eigenvalue weighted by Gasteiger charge is -2.24. The average Bonchev–Trinajstić information content (AvgIpc) is 2.41. The summed E-state index contributed by atoms with van der Waals surface area (Å²) in [6.45, 7) is 7.22. The summed E-state index contributed by atoms with van der Waals surface area (Å²) in [5, 5.41) is 1.87. The molecule has 1 aliphatic heterocycles. The van der Waals surface area contributed by atoms with Crippen LogP contribution in [0.4, 0.5) is 4.39 Å². The first-order chi connectivity index (χ1) is 9.85. The van der Waals surface area contributed by atoms with Crippen LogP contribution in [-0.4, -0.2) is 25.5 Å². The van der Waals surface area contributed by atoms with Crippen LogP contribution in [0.2, 0.25) is 19.6 Å². The second-order valence-electron chi connectivity index (χ2n) is 5.70. The molecule has 6 heteroatoms. The van der Waals surface area contributed by atoms with E-state index in [1.54, 1.807) is 18.3 Å². The molecule has 0 radical (unpaired) electrons. The molecule has 2 rings (SSSR count). The van der Waals surface area contributed by atoms with Gasteiger partial charge in [0.1, 0.15) is 13.9 Å². The smallest absolute Gasteiger partial charge is 0.151 e. The monoisotopic (exact) mass is 365 g/mol. The van der Waals surface area contributed by atoms with Gasteiger partial charge in [0, 0.05) is 18.0 Å². The summed E-state index contributed by atoms with van der Waals surface area (Å²) >= 11 is 3.18. The third-order valence-corrected chi connectivity index (χ3v) is 4.14. The number of benzene rings is 1. The zero-order chi connectivity index (χ0) is 15.5. The molecule has 21 heavy (non-hydrogen) atoms. The Morgan fingerprint density at radius 2 is 2.14 bits per heavy atom. The molecule has 0 atom stereocenters. The van der Waals surface area contributed by atoms with Crippen molar-refractivity contribution in [1.29, 1.82) is 0 Å². The van der Waals surface area contributed by atoms with Gasteiger partial charge < -0.3 is 0 Å². The number of amidine groups is 1. The van der Waals surface area contributed by atoms with Gasteiger partial charge in [-0.2, -0.15) is 0 Å². The SMILES string of the molecule is C[Si](C)(C)C#CCN1C=CN=C(c2ccc(F)c(Br)c2)N1. The highest BCUT2D eigenvalue weighted by Crippen LogP contribution is 2.17. The number of hydrazine groups is 1. The molecule has 0 aliphatic carbocycles. The predicted molar refractivity (Wildman–Crippen MR) is 90.7 cm³/mol. The van der Waals surface area contributed by atoms with Crippen molar-refractivity contribution in [3.05, 3.63) is 46.5 Å². The van der Waals surface area contributed by atoms with Crippen molar-refractivity contribution in [2.75, 3.05) is 6.54 Å². The van der Waals surface area contributed by atoms with Gasteiger partial charge in [-0.05, 0) is 34.1 Å². The fourth-order valence-electron chi connectivity index (χ4n) is 1.66. The molecule has 0 saturated heterocycles. The molecule has 0 fully saturated rings. The maximum absolute atomic E-state index is 13.3. The normalized spacial score (nSPS) is 14.1. The number of rotatable bonds is 2. The first-order valence-corrected chi connectivity index (χ1v) is 10.9. The summed E-state index contributed by atoms with van der Waals surface area (Å²) in [6.07, 6.45) is 3.54. The molecule has 0 unspecified atom stereocenters. The standard InChI is InChI=1S/C15H17BrFN3Si/c1-21(2,3)10-4-8-20-9-7-18-15(19-20)12-5-6-14(17)13(16)11-12/h5-7,9,11H,8H2,1-3H3,(H,18,19). The molecule has 110 valence electrons. The maximum atomic E-state index is 13.3. The van der Waals surface area contributed by atoms with E-state index >= 15 is 0 Å². The summed E-state index contributed by atoms with van der Waals surface area (Å²) in [6, 6.07) is 4.81.